The minimum absolute atomic E-state index is 0.00321. The molecule has 0 radical (unpaired) electrons. The normalized spacial score (nSPS) is 12.9. The van der Waals surface area contributed by atoms with Gasteiger partial charge in [0.1, 0.15) is 0 Å². The number of alkyl halides is 6. The molecule has 24 heavy (non-hydrogen) atoms. The quantitative estimate of drug-likeness (QED) is 0.809. The van der Waals surface area contributed by atoms with Gasteiger partial charge in [0, 0.05) is 5.69 Å². The zero-order chi connectivity index (χ0) is 18.2. The van der Waals surface area contributed by atoms with Gasteiger partial charge in [-0.2, -0.15) is 26.3 Å². The lowest BCUT2D eigenvalue weighted by atomic mass is 10.1. The summed E-state index contributed by atoms with van der Waals surface area (Å²) < 4.78 is 103. The van der Waals surface area contributed by atoms with Crippen LogP contribution in [-0.4, -0.2) is 8.42 Å². The van der Waals surface area contributed by atoms with Gasteiger partial charge in [0.2, 0.25) is 0 Å². The molecule has 2 aromatic carbocycles. The van der Waals surface area contributed by atoms with Crippen molar-refractivity contribution in [1.82, 2.24) is 0 Å². The fourth-order valence-corrected chi connectivity index (χ4v) is 2.93. The standard InChI is InChI=1S/C14H9F6NO2S/c15-13(16,17)9-6-10(14(18,19)20)8-12(7-9)24(22,23)21-11-4-2-1-3-5-11/h1-8,21H. The van der Waals surface area contributed by atoms with Crippen molar-refractivity contribution in [3.05, 3.63) is 59.7 Å². The minimum Gasteiger partial charge on any atom is -0.280 e. The minimum atomic E-state index is -5.13. The highest BCUT2D eigenvalue weighted by atomic mass is 32.2. The van der Waals surface area contributed by atoms with E-state index in [-0.39, 0.29) is 23.9 Å². The van der Waals surface area contributed by atoms with Crippen LogP contribution in [0.5, 0.6) is 0 Å². The van der Waals surface area contributed by atoms with Crippen molar-refractivity contribution in [3.8, 4) is 0 Å². The first-order valence-electron chi connectivity index (χ1n) is 6.27. The summed E-state index contributed by atoms with van der Waals surface area (Å²) in [5.74, 6) is 0. The first-order valence-corrected chi connectivity index (χ1v) is 7.75. The molecule has 0 aliphatic heterocycles. The maximum atomic E-state index is 12.8. The number of hydrogen-bond acceptors (Lipinski definition) is 2. The van der Waals surface area contributed by atoms with Crippen molar-refractivity contribution >= 4 is 15.7 Å². The predicted molar refractivity (Wildman–Crippen MR) is 73.7 cm³/mol. The zero-order valence-electron chi connectivity index (χ0n) is 11.6. The van der Waals surface area contributed by atoms with Crippen molar-refractivity contribution in [1.29, 1.82) is 0 Å². The van der Waals surface area contributed by atoms with E-state index >= 15 is 0 Å². The van der Waals surface area contributed by atoms with Gasteiger partial charge in [-0.25, -0.2) is 8.42 Å². The molecule has 0 aliphatic rings. The fourth-order valence-electron chi connectivity index (χ4n) is 1.80. The van der Waals surface area contributed by atoms with Crippen LogP contribution in [-0.2, 0) is 22.4 Å². The lowest BCUT2D eigenvalue weighted by molar-refractivity contribution is -0.143. The Bertz CT molecular complexity index is 796. The molecule has 0 fully saturated rings. The van der Waals surface area contributed by atoms with Crippen LogP contribution >= 0.6 is 0 Å². The van der Waals surface area contributed by atoms with Crippen molar-refractivity contribution in [2.24, 2.45) is 0 Å². The lowest BCUT2D eigenvalue weighted by Gasteiger charge is -2.15. The molecule has 130 valence electrons. The Morgan fingerprint density at radius 1 is 0.750 bits per heavy atom. The summed E-state index contributed by atoms with van der Waals surface area (Å²) >= 11 is 0. The zero-order valence-corrected chi connectivity index (χ0v) is 12.4. The number of halogens is 6. The molecule has 0 aromatic heterocycles. The second kappa shape index (κ2) is 6.00. The van der Waals surface area contributed by atoms with Crippen LogP contribution in [0.25, 0.3) is 0 Å². The van der Waals surface area contributed by atoms with Gasteiger partial charge in [-0.3, -0.25) is 4.72 Å². The summed E-state index contributed by atoms with van der Waals surface area (Å²) in [6.45, 7) is 0. The molecule has 1 N–H and O–H groups in total. The van der Waals surface area contributed by atoms with Crippen molar-refractivity contribution in [3.63, 3.8) is 0 Å². The van der Waals surface area contributed by atoms with Gasteiger partial charge < -0.3 is 0 Å². The number of nitrogens with one attached hydrogen (secondary N) is 1. The van der Waals surface area contributed by atoms with Crippen LogP contribution in [0.4, 0.5) is 32.0 Å². The number of para-hydroxylation sites is 1. The summed E-state index contributed by atoms with van der Waals surface area (Å²) in [4.78, 5) is -1.13. The van der Waals surface area contributed by atoms with Crippen LogP contribution in [0.2, 0.25) is 0 Å². The highest BCUT2D eigenvalue weighted by molar-refractivity contribution is 7.92. The average Bonchev–Trinajstić information content (AvgIpc) is 2.45. The molecule has 0 unspecified atom stereocenters. The monoisotopic (exact) mass is 369 g/mol. The van der Waals surface area contributed by atoms with Gasteiger partial charge in [-0.05, 0) is 30.3 Å². The van der Waals surface area contributed by atoms with Crippen molar-refractivity contribution < 1.29 is 34.8 Å². The Labute approximate surface area is 133 Å². The van der Waals surface area contributed by atoms with Crippen molar-refractivity contribution in [2.75, 3.05) is 4.72 Å². The van der Waals surface area contributed by atoms with Crippen molar-refractivity contribution in [2.45, 2.75) is 17.2 Å². The molecule has 0 bridgehead atoms. The van der Waals surface area contributed by atoms with Crippen LogP contribution in [0, 0.1) is 0 Å². The number of rotatable bonds is 3. The molecular weight excluding hydrogens is 360 g/mol. The number of sulfonamides is 1. The highest BCUT2D eigenvalue weighted by Gasteiger charge is 2.38. The molecule has 0 atom stereocenters. The molecule has 0 heterocycles. The summed E-state index contributed by atoms with van der Waals surface area (Å²) in [5, 5.41) is 0. The van der Waals surface area contributed by atoms with Crippen LogP contribution < -0.4 is 4.72 Å². The van der Waals surface area contributed by atoms with E-state index in [0.29, 0.717) is 0 Å². The second-order valence-electron chi connectivity index (χ2n) is 4.71. The Kier molecular flexibility index (Phi) is 4.53. The second-order valence-corrected chi connectivity index (χ2v) is 6.40. The van der Waals surface area contributed by atoms with Gasteiger partial charge in [0.05, 0.1) is 16.0 Å². The first kappa shape index (κ1) is 18.1. The smallest absolute Gasteiger partial charge is 0.280 e. The summed E-state index contributed by atoms with van der Waals surface area (Å²) in [7, 11) is -4.63. The Balaban J connectivity index is 2.56. The van der Waals surface area contributed by atoms with Crippen LogP contribution in [0.1, 0.15) is 11.1 Å². The average molecular weight is 369 g/mol. The Hall–Kier alpha value is -2.23. The Morgan fingerprint density at radius 2 is 1.21 bits per heavy atom. The maximum Gasteiger partial charge on any atom is 0.416 e. The van der Waals surface area contributed by atoms with E-state index in [9.17, 15) is 34.8 Å². The molecule has 0 spiro atoms. The molecule has 2 aromatic rings. The molecular formula is C14H9F6NO2S. The van der Waals surface area contributed by atoms with E-state index < -0.39 is 38.4 Å². The topological polar surface area (TPSA) is 46.2 Å². The van der Waals surface area contributed by atoms with Crippen LogP contribution in [0.3, 0.4) is 0 Å². The molecule has 0 amide bonds. The summed E-state index contributed by atoms with van der Waals surface area (Å²) in [6, 6.07) is 7.23. The first-order chi connectivity index (χ1) is 10.9. The van der Waals surface area contributed by atoms with E-state index in [4.69, 9.17) is 0 Å². The summed E-state index contributed by atoms with van der Waals surface area (Å²) in [6.07, 6.45) is -10.3. The van der Waals surface area contributed by atoms with Gasteiger partial charge in [-0.15, -0.1) is 0 Å². The molecule has 0 saturated carbocycles. The van der Waals surface area contributed by atoms with E-state index in [0.717, 1.165) is 0 Å². The molecule has 10 heteroatoms. The molecule has 3 nitrogen and oxygen atoms in total. The fraction of sp³-hybridized carbons (Fsp3) is 0.143. The van der Waals surface area contributed by atoms with E-state index in [1.54, 1.807) is 6.07 Å². The lowest BCUT2D eigenvalue weighted by Crippen LogP contribution is -2.17. The highest BCUT2D eigenvalue weighted by Crippen LogP contribution is 2.37. The van der Waals surface area contributed by atoms with E-state index in [2.05, 4.69) is 0 Å². The number of anilines is 1. The largest absolute Gasteiger partial charge is 0.416 e. The number of hydrogen-bond donors (Lipinski definition) is 1. The van der Waals surface area contributed by atoms with E-state index in [1.807, 2.05) is 4.72 Å². The van der Waals surface area contributed by atoms with Gasteiger partial charge in [0.25, 0.3) is 10.0 Å². The van der Waals surface area contributed by atoms with Crippen LogP contribution in [0.15, 0.2) is 53.4 Å². The van der Waals surface area contributed by atoms with Gasteiger partial charge in [-0.1, -0.05) is 18.2 Å². The SMILES string of the molecule is O=S(=O)(Nc1ccccc1)c1cc(C(F)(F)F)cc(C(F)(F)F)c1. The molecule has 0 aliphatic carbocycles. The summed E-state index contributed by atoms with van der Waals surface area (Å²) in [5.41, 5.74) is -3.40. The van der Waals surface area contributed by atoms with E-state index in [1.165, 1.54) is 24.3 Å². The van der Waals surface area contributed by atoms with Gasteiger partial charge >= 0.3 is 12.4 Å². The van der Waals surface area contributed by atoms with Gasteiger partial charge in [0.15, 0.2) is 0 Å². The third-order valence-corrected chi connectivity index (χ3v) is 4.26. The third kappa shape index (κ3) is 4.19. The Morgan fingerprint density at radius 3 is 1.62 bits per heavy atom. The molecule has 2 rings (SSSR count). The predicted octanol–water partition coefficient (Wildman–Crippen LogP) is 4.53. The number of benzene rings is 2. The maximum absolute atomic E-state index is 12.8. The molecule has 0 saturated heterocycles. The third-order valence-electron chi connectivity index (χ3n) is 2.90.